The number of nitrogens with zero attached hydrogens (tertiary/aromatic N) is 1. The average molecular weight is 381 g/mol. The Balaban J connectivity index is 4.30. The van der Waals surface area contributed by atoms with Gasteiger partial charge in [-0.1, -0.05) is 0 Å². The molecule has 0 atom stereocenters. The molecular weight excluding hydrogens is 344 g/mol. The third-order valence-electron chi connectivity index (χ3n) is 4.20. The van der Waals surface area contributed by atoms with Gasteiger partial charge in [-0.3, -0.25) is 0 Å². The van der Waals surface area contributed by atoms with E-state index in [1.807, 2.05) is 14.1 Å². The Bertz CT molecular complexity index is 349. The zero-order valence-electron chi connectivity index (χ0n) is 16.2. The molecule has 0 saturated heterocycles. The summed E-state index contributed by atoms with van der Waals surface area (Å²) < 4.78 is 22.4. The van der Waals surface area contributed by atoms with Gasteiger partial charge in [0.2, 0.25) is 0 Å². The van der Waals surface area contributed by atoms with E-state index in [-0.39, 0.29) is 0 Å². The van der Waals surface area contributed by atoms with Gasteiger partial charge >= 0.3 is 17.1 Å². The number of hydrogen-bond acceptors (Lipinski definition) is 6. The van der Waals surface area contributed by atoms with Gasteiger partial charge in [0.05, 0.1) is 9.52 Å². The zero-order valence-corrected chi connectivity index (χ0v) is 19.6. The first-order valence-corrected chi connectivity index (χ1v) is 14.6. The summed E-state index contributed by atoms with van der Waals surface area (Å²) in [5, 5.41) is 3.55. The minimum atomic E-state index is -2.19. The van der Waals surface area contributed by atoms with Crippen LogP contribution in [0.1, 0.15) is 6.42 Å². The Kier molecular flexibility index (Phi) is 11.5. The van der Waals surface area contributed by atoms with Gasteiger partial charge in [0.15, 0.2) is 0 Å². The van der Waals surface area contributed by atoms with Gasteiger partial charge in [-0.25, -0.2) is 0 Å². The first kappa shape index (κ1) is 23.0. The van der Waals surface area contributed by atoms with Crippen molar-refractivity contribution in [3.8, 4) is 0 Å². The molecule has 0 aliphatic carbocycles. The van der Waals surface area contributed by atoms with Gasteiger partial charge < -0.3 is 27.9 Å². The molecule has 138 valence electrons. The van der Waals surface area contributed by atoms with Gasteiger partial charge in [0.25, 0.3) is 0 Å². The molecule has 0 aromatic rings. The largest absolute Gasteiger partial charge is 0.398 e. The van der Waals surface area contributed by atoms with Crippen LogP contribution in [-0.4, -0.2) is 86.8 Å². The monoisotopic (exact) mass is 380 g/mol. The molecule has 0 aromatic carbocycles. The Morgan fingerprint density at radius 1 is 1.04 bits per heavy atom. The summed E-state index contributed by atoms with van der Waals surface area (Å²) in [5.74, 6) is 0. The van der Waals surface area contributed by atoms with E-state index in [1.54, 1.807) is 28.4 Å². The van der Waals surface area contributed by atoms with E-state index in [4.69, 9.17) is 17.7 Å². The van der Waals surface area contributed by atoms with Gasteiger partial charge in [0, 0.05) is 42.5 Å². The Morgan fingerprint density at radius 2 is 1.61 bits per heavy atom. The van der Waals surface area contributed by atoms with E-state index in [1.165, 1.54) is 4.82 Å². The van der Waals surface area contributed by atoms with Crippen LogP contribution >= 0.6 is 0 Å². The van der Waals surface area contributed by atoms with Gasteiger partial charge in [-0.2, -0.15) is 0 Å². The molecule has 0 bridgehead atoms. The molecular formula is C14H36N2O4Si3. The van der Waals surface area contributed by atoms with Crippen LogP contribution in [0, 0.1) is 0 Å². The van der Waals surface area contributed by atoms with Crippen molar-refractivity contribution >= 4 is 26.6 Å². The summed E-state index contributed by atoms with van der Waals surface area (Å²) in [4.78, 5) is 3.47. The second kappa shape index (κ2) is 11.5. The highest BCUT2D eigenvalue weighted by Gasteiger charge is 2.34. The molecule has 0 saturated carbocycles. The molecule has 0 heterocycles. The van der Waals surface area contributed by atoms with Crippen LogP contribution in [0.3, 0.4) is 0 Å². The van der Waals surface area contributed by atoms with Crippen LogP contribution in [0.4, 0.5) is 0 Å². The number of nitrogens with one attached hydrogen (secondary N) is 1. The molecule has 0 radical (unpaired) electrons. The number of rotatable bonds is 13. The predicted octanol–water partition coefficient (Wildman–Crippen LogP) is 0.764. The number of hydrogen-bond donors (Lipinski definition) is 1. The van der Waals surface area contributed by atoms with Crippen molar-refractivity contribution in [2.24, 2.45) is 0 Å². The second-order valence-electron chi connectivity index (χ2n) is 6.12. The van der Waals surface area contributed by atoms with Gasteiger partial charge in [-0.05, 0) is 49.3 Å². The van der Waals surface area contributed by atoms with E-state index >= 15 is 0 Å². The molecule has 0 rings (SSSR count). The topological polar surface area (TPSA) is 52.2 Å². The summed E-state index contributed by atoms with van der Waals surface area (Å²) >= 11 is 0. The van der Waals surface area contributed by atoms with Crippen LogP contribution in [0.5, 0.6) is 0 Å². The summed E-state index contributed by atoms with van der Waals surface area (Å²) in [6.07, 6.45) is 4.31. The SMILES string of the molecule is CO[Si](C)(CCCNC[SiH2]C(=CN(C)C)[Si](C)(OC)OC)OC. The van der Waals surface area contributed by atoms with Crippen molar-refractivity contribution in [3.63, 3.8) is 0 Å². The Morgan fingerprint density at radius 3 is 2.04 bits per heavy atom. The molecule has 9 heteroatoms. The maximum atomic E-state index is 5.70. The molecule has 0 aliphatic rings. The van der Waals surface area contributed by atoms with Crippen LogP contribution in [0.2, 0.25) is 19.1 Å². The smallest absolute Gasteiger partial charge is 0.361 e. The molecule has 6 nitrogen and oxygen atoms in total. The maximum Gasteiger partial charge on any atom is 0.361 e. The summed E-state index contributed by atoms with van der Waals surface area (Å²) in [6.45, 7) is 5.22. The van der Waals surface area contributed by atoms with Crippen LogP contribution in [0.25, 0.3) is 0 Å². The minimum Gasteiger partial charge on any atom is -0.398 e. The third kappa shape index (κ3) is 8.59. The summed E-state index contributed by atoms with van der Waals surface area (Å²) in [7, 11) is 6.52. The Hall–Kier alpha value is -0.00935. The van der Waals surface area contributed by atoms with Crippen molar-refractivity contribution < 1.29 is 17.7 Å². The van der Waals surface area contributed by atoms with Crippen molar-refractivity contribution in [1.29, 1.82) is 0 Å². The van der Waals surface area contributed by atoms with Gasteiger partial charge in [-0.15, -0.1) is 0 Å². The second-order valence-corrected chi connectivity index (χ2v) is 15.5. The average Bonchev–Trinajstić information content (AvgIpc) is 2.55. The molecule has 0 amide bonds. The standard InChI is InChI=1S/C14H36N2O4Si3/c1-16(2)12-14(23(8,19-5)20-6)21-13-15-10-9-11-22(7,17-3)18-4/h12,15H,9-11,13,21H2,1-8H3. The first-order valence-electron chi connectivity index (χ1n) is 8.06. The van der Waals surface area contributed by atoms with E-state index in [9.17, 15) is 0 Å². The van der Waals surface area contributed by atoms with Crippen LogP contribution < -0.4 is 5.32 Å². The normalized spacial score (nSPS) is 14.0. The quantitative estimate of drug-likeness (QED) is 0.376. The van der Waals surface area contributed by atoms with E-state index in [0.717, 1.165) is 25.2 Å². The van der Waals surface area contributed by atoms with Crippen LogP contribution in [0.15, 0.2) is 11.0 Å². The lowest BCUT2D eigenvalue weighted by atomic mass is 10.5. The molecule has 0 spiro atoms. The minimum absolute atomic E-state index is 0.447. The third-order valence-corrected chi connectivity index (χ3v) is 14.0. The fourth-order valence-corrected chi connectivity index (χ4v) is 9.06. The molecule has 0 fully saturated rings. The zero-order chi connectivity index (χ0) is 17.9. The highest BCUT2D eigenvalue weighted by atomic mass is 28.4. The van der Waals surface area contributed by atoms with E-state index < -0.39 is 26.6 Å². The highest BCUT2D eigenvalue weighted by molar-refractivity contribution is 6.86. The molecule has 1 N–H and O–H groups in total. The molecule has 0 unspecified atom stereocenters. The van der Waals surface area contributed by atoms with E-state index in [0.29, 0.717) is 0 Å². The van der Waals surface area contributed by atoms with Crippen molar-refractivity contribution in [2.45, 2.75) is 25.6 Å². The summed E-state index contributed by atoms with van der Waals surface area (Å²) in [5.41, 5.74) is 0. The lowest BCUT2D eigenvalue weighted by Crippen LogP contribution is -2.44. The van der Waals surface area contributed by atoms with Crippen molar-refractivity contribution in [1.82, 2.24) is 10.2 Å². The van der Waals surface area contributed by atoms with E-state index in [2.05, 4.69) is 29.5 Å². The lowest BCUT2D eigenvalue weighted by Gasteiger charge is -2.27. The maximum absolute atomic E-state index is 5.70. The highest BCUT2D eigenvalue weighted by Crippen LogP contribution is 2.16. The van der Waals surface area contributed by atoms with Crippen molar-refractivity contribution in [3.05, 3.63) is 11.0 Å². The fraction of sp³-hybridized carbons (Fsp3) is 0.857. The molecule has 0 aromatic heterocycles. The lowest BCUT2D eigenvalue weighted by molar-refractivity contribution is 0.248. The Labute approximate surface area is 146 Å². The predicted molar refractivity (Wildman–Crippen MR) is 104 cm³/mol. The first-order chi connectivity index (χ1) is 10.8. The molecule has 0 aliphatic heterocycles. The van der Waals surface area contributed by atoms with Crippen LogP contribution in [-0.2, 0) is 17.7 Å². The molecule has 23 heavy (non-hydrogen) atoms. The summed E-state index contributed by atoms with van der Waals surface area (Å²) in [6, 6.07) is 1.01. The fourth-order valence-electron chi connectivity index (χ4n) is 2.24. The van der Waals surface area contributed by atoms with Crippen molar-refractivity contribution in [2.75, 3.05) is 55.2 Å². The van der Waals surface area contributed by atoms with Gasteiger partial charge in [0.1, 0.15) is 0 Å².